The van der Waals surface area contributed by atoms with Gasteiger partial charge in [0.1, 0.15) is 18.4 Å². The molecular weight excluding hydrogens is 468 g/mol. The van der Waals surface area contributed by atoms with Crippen LogP contribution in [-0.4, -0.2) is 74.5 Å². The fourth-order valence-electron chi connectivity index (χ4n) is 3.19. The van der Waals surface area contributed by atoms with Crippen LogP contribution in [-0.2, 0) is 19.2 Å². The molecule has 0 aliphatic heterocycles. The zero-order valence-electron chi connectivity index (χ0n) is 21.0. The lowest BCUT2D eigenvalue weighted by Gasteiger charge is -2.19. The summed E-state index contributed by atoms with van der Waals surface area (Å²) in [6, 6.07) is 4.62. The van der Waals surface area contributed by atoms with Gasteiger partial charge >= 0.3 is 0 Å². The quantitative estimate of drug-likeness (QED) is 0.0764. The maximum absolute atomic E-state index is 12.4. The van der Waals surface area contributed by atoms with Gasteiger partial charge in [0, 0.05) is 6.54 Å². The molecule has 0 saturated carbocycles. The number of para-hydroxylation sites is 1. The molecule has 13 nitrogen and oxygen atoms in total. The SMILES string of the molecule is Cc1cccc(C)c1OCC(C)NC(=O)CNC(=O)CNC(=O)C(CCCNC(=N)N)NC(=O)CN. The van der Waals surface area contributed by atoms with Crippen LogP contribution in [0.2, 0.25) is 0 Å². The van der Waals surface area contributed by atoms with E-state index in [1.165, 1.54) is 0 Å². The molecule has 4 amide bonds. The van der Waals surface area contributed by atoms with Crippen LogP contribution in [0.4, 0.5) is 0 Å². The second kappa shape index (κ2) is 15.9. The molecule has 0 radical (unpaired) electrons. The summed E-state index contributed by atoms with van der Waals surface area (Å²) < 4.78 is 5.82. The molecule has 200 valence electrons. The molecule has 0 aliphatic rings. The number of hydrogen-bond acceptors (Lipinski definition) is 7. The Hall–Kier alpha value is -3.87. The van der Waals surface area contributed by atoms with Crippen LogP contribution in [0.3, 0.4) is 0 Å². The molecular formula is C23H38N8O5. The lowest BCUT2D eigenvalue weighted by atomic mass is 10.1. The van der Waals surface area contributed by atoms with Gasteiger partial charge in [0.2, 0.25) is 23.6 Å². The lowest BCUT2D eigenvalue weighted by Crippen LogP contribution is -2.51. The third-order valence-electron chi connectivity index (χ3n) is 4.99. The van der Waals surface area contributed by atoms with E-state index in [1.807, 2.05) is 32.0 Å². The van der Waals surface area contributed by atoms with Crippen LogP contribution in [0.25, 0.3) is 0 Å². The Labute approximate surface area is 211 Å². The van der Waals surface area contributed by atoms with Crippen molar-refractivity contribution in [2.45, 2.75) is 45.7 Å². The molecule has 0 bridgehead atoms. The van der Waals surface area contributed by atoms with E-state index in [-0.39, 0.29) is 44.7 Å². The van der Waals surface area contributed by atoms with E-state index in [0.717, 1.165) is 16.9 Å². The summed E-state index contributed by atoms with van der Waals surface area (Å²) in [4.78, 5) is 48.2. The van der Waals surface area contributed by atoms with Crippen LogP contribution in [0.15, 0.2) is 18.2 Å². The minimum absolute atomic E-state index is 0.203. The number of aryl methyl sites for hydroxylation is 2. The molecule has 0 heterocycles. The van der Waals surface area contributed by atoms with E-state index in [9.17, 15) is 19.2 Å². The van der Waals surface area contributed by atoms with Gasteiger partial charge in [-0.25, -0.2) is 0 Å². The fourth-order valence-corrected chi connectivity index (χ4v) is 3.19. The topological polar surface area (TPSA) is 214 Å². The molecule has 0 fully saturated rings. The molecule has 0 aliphatic carbocycles. The van der Waals surface area contributed by atoms with Gasteiger partial charge in [0.15, 0.2) is 5.96 Å². The van der Waals surface area contributed by atoms with Crippen LogP contribution in [0.1, 0.15) is 30.9 Å². The predicted octanol–water partition coefficient (Wildman–Crippen LogP) is -1.87. The Balaban J connectivity index is 2.39. The van der Waals surface area contributed by atoms with E-state index in [2.05, 4.69) is 26.6 Å². The first-order valence-corrected chi connectivity index (χ1v) is 11.6. The summed E-state index contributed by atoms with van der Waals surface area (Å²) in [7, 11) is 0. The highest BCUT2D eigenvalue weighted by Crippen LogP contribution is 2.22. The molecule has 13 heteroatoms. The maximum atomic E-state index is 12.4. The van der Waals surface area contributed by atoms with Crippen molar-refractivity contribution in [1.29, 1.82) is 5.41 Å². The highest BCUT2D eigenvalue weighted by molar-refractivity contribution is 5.91. The zero-order chi connectivity index (χ0) is 27.1. The van der Waals surface area contributed by atoms with Crippen LogP contribution in [0, 0.1) is 19.3 Å². The van der Waals surface area contributed by atoms with E-state index in [0.29, 0.717) is 13.0 Å². The van der Waals surface area contributed by atoms with Crippen molar-refractivity contribution in [2.75, 3.05) is 32.8 Å². The van der Waals surface area contributed by atoms with Gasteiger partial charge in [-0.05, 0) is 44.7 Å². The first-order valence-electron chi connectivity index (χ1n) is 11.6. The Morgan fingerprint density at radius 2 is 1.61 bits per heavy atom. The molecule has 1 rings (SSSR count). The van der Waals surface area contributed by atoms with Crippen molar-refractivity contribution >= 4 is 29.6 Å². The fraction of sp³-hybridized carbons (Fsp3) is 0.522. The summed E-state index contributed by atoms with van der Waals surface area (Å²) in [5.74, 6) is -1.49. The number of carbonyl (C=O) groups excluding carboxylic acids is 4. The normalized spacial score (nSPS) is 12.0. The third-order valence-corrected chi connectivity index (χ3v) is 4.99. The minimum atomic E-state index is -0.913. The zero-order valence-corrected chi connectivity index (χ0v) is 21.0. The maximum Gasteiger partial charge on any atom is 0.243 e. The van der Waals surface area contributed by atoms with Gasteiger partial charge < -0.3 is 42.8 Å². The second-order valence-electron chi connectivity index (χ2n) is 8.30. The van der Waals surface area contributed by atoms with Gasteiger partial charge in [-0.15, -0.1) is 0 Å². The lowest BCUT2D eigenvalue weighted by molar-refractivity contribution is -0.130. The van der Waals surface area contributed by atoms with E-state index in [1.54, 1.807) is 6.92 Å². The number of benzene rings is 1. The van der Waals surface area contributed by atoms with Crippen molar-refractivity contribution in [1.82, 2.24) is 26.6 Å². The summed E-state index contributed by atoms with van der Waals surface area (Å²) in [6.45, 7) is 5.33. The summed E-state index contributed by atoms with van der Waals surface area (Å²) in [5.41, 5.74) is 12.5. The number of ether oxygens (including phenoxy) is 1. The second-order valence-corrected chi connectivity index (χ2v) is 8.30. The first-order chi connectivity index (χ1) is 17.0. The van der Waals surface area contributed by atoms with Crippen molar-refractivity contribution in [3.63, 3.8) is 0 Å². The van der Waals surface area contributed by atoms with Crippen molar-refractivity contribution < 1.29 is 23.9 Å². The predicted molar refractivity (Wildman–Crippen MR) is 135 cm³/mol. The van der Waals surface area contributed by atoms with Gasteiger partial charge in [-0.2, -0.15) is 0 Å². The van der Waals surface area contributed by atoms with E-state index >= 15 is 0 Å². The number of guanidine groups is 1. The average Bonchev–Trinajstić information content (AvgIpc) is 2.82. The Morgan fingerprint density at radius 1 is 0.972 bits per heavy atom. The van der Waals surface area contributed by atoms with E-state index in [4.69, 9.17) is 21.6 Å². The van der Waals surface area contributed by atoms with Crippen molar-refractivity contribution in [2.24, 2.45) is 11.5 Å². The highest BCUT2D eigenvalue weighted by atomic mass is 16.5. The van der Waals surface area contributed by atoms with Crippen LogP contribution < -0.4 is 42.8 Å². The Bertz CT molecular complexity index is 904. The summed E-state index contributed by atoms with van der Waals surface area (Å²) >= 11 is 0. The molecule has 2 unspecified atom stereocenters. The number of hydrogen-bond donors (Lipinski definition) is 8. The molecule has 1 aromatic carbocycles. The molecule has 2 atom stereocenters. The number of nitrogens with one attached hydrogen (secondary N) is 6. The highest BCUT2D eigenvalue weighted by Gasteiger charge is 2.20. The van der Waals surface area contributed by atoms with Gasteiger partial charge in [-0.1, -0.05) is 18.2 Å². The first kappa shape index (κ1) is 30.2. The van der Waals surface area contributed by atoms with Gasteiger partial charge in [-0.3, -0.25) is 24.6 Å². The largest absolute Gasteiger partial charge is 0.491 e. The molecule has 1 aromatic rings. The number of amides is 4. The number of carbonyl (C=O) groups is 4. The molecule has 10 N–H and O–H groups in total. The molecule has 0 spiro atoms. The van der Waals surface area contributed by atoms with Crippen LogP contribution >= 0.6 is 0 Å². The van der Waals surface area contributed by atoms with Gasteiger partial charge in [0.25, 0.3) is 0 Å². The van der Waals surface area contributed by atoms with Gasteiger partial charge in [0.05, 0.1) is 25.7 Å². The molecule has 0 saturated heterocycles. The standard InChI is InChI=1S/C23H38N8O5/c1-14-6-4-7-15(2)21(14)36-13-16(3)30-20(34)12-28-19(33)11-29-22(35)17(31-18(32)10-24)8-5-9-27-23(25)26/h4,6-7,16-17H,5,8-13,24H2,1-3H3,(H,28,33)(H,29,35)(H,30,34)(H,31,32)(H4,25,26,27). The smallest absolute Gasteiger partial charge is 0.243 e. The number of nitrogens with two attached hydrogens (primary N) is 2. The van der Waals surface area contributed by atoms with Crippen molar-refractivity contribution in [3.8, 4) is 5.75 Å². The number of rotatable bonds is 15. The van der Waals surface area contributed by atoms with E-state index < -0.39 is 29.7 Å². The minimum Gasteiger partial charge on any atom is -0.491 e. The summed E-state index contributed by atoms with van der Waals surface area (Å²) in [6.07, 6.45) is 0.671. The Morgan fingerprint density at radius 3 is 2.22 bits per heavy atom. The Kier molecular flexibility index (Phi) is 13.3. The summed E-state index contributed by atoms with van der Waals surface area (Å²) in [5, 5.41) is 19.8. The third kappa shape index (κ3) is 12.0. The van der Waals surface area contributed by atoms with Crippen molar-refractivity contribution in [3.05, 3.63) is 29.3 Å². The monoisotopic (exact) mass is 506 g/mol. The average molecular weight is 507 g/mol. The molecule has 36 heavy (non-hydrogen) atoms. The molecule has 0 aromatic heterocycles. The van der Waals surface area contributed by atoms with Crippen LogP contribution in [0.5, 0.6) is 5.75 Å².